The van der Waals surface area contributed by atoms with Crippen LogP contribution >= 0.6 is 0 Å². The van der Waals surface area contributed by atoms with Crippen molar-refractivity contribution >= 4 is 10.8 Å². The van der Waals surface area contributed by atoms with E-state index in [1.165, 1.54) is 33.9 Å². The molecule has 9 rings (SSSR count). The van der Waals surface area contributed by atoms with Crippen LogP contribution in [0, 0.1) is 0 Å². The van der Waals surface area contributed by atoms with Crippen LogP contribution < -0.4 is 0 Å². The average molecular weight is 699 g/mol. The second-order valence-electron chi connectivity index (χ2n) is 15.9. The molecule has 0 aliphatic heterocycles. The van der Waals surface area contributed by atoms with Crippen LogP contribution in [0.3, 0.4) is 0 Å². The van der Waals surface area contributed by atoms with Gasteiger partial charge in [0.2, 0.25) is 0 Å². The zero-order valence-electron chi connectivity index (χ0n) is 31.2. The first-order chi connectivity index (χ1) is 26.2. The van der Waals surface area contributed by atoms with Crippen molar-refractivity contribution in [1.29, 1.82) is 0 Å². The molecule has 0 amide bonds. The van der Waals surface area contributed by atoms with Gasteiger partial charge in [-0.1, -0.05) is 137 Å². The molecule has 4 nitrogen and oxygen atoms in total. The minimum Gasteiger partial charge on any atom is -0.256 e. The van der Waals surface area contributed by atoms with Gasteiger partial charge >= 0.3 is 0 Å². The van der Waals surface area contributed by atoms with E-state index in [1.807, 2.05) is 48.7 Å². The standard InChI is InChI=1S/C50H42N4/c1-49(2)24-25-50(3,4)44-32-37(22-23-43(44)49)41-29-40(36-21-20-33-13-8-9-16-35(33)27-36)30-42(31-41)48-53-46(34-14-6-5-7-15-34)52-47(54-48)39-18-12-17-38(28-39)45-19-10-11-26-51-45/h5-23,26-32H,24-25H2,1-4H3. The molecule has 0 atom stereocenters. The fourth-order valence-corrected chi connectivity index (χ4v) is 7.93. The topological polar surface area (TPSA) is 51.6 Å². The van der Waals surface area contributed by atoms with E-state index in [-0.39, 0.29) is 10.8 Å². The van der Waals surface area contributed by atoms with Gasteiger partial charge in [0.1, 0.15) is 0 Å². The summed E-state index contributed by atoms with van der Waals surface area (Å²) in [5.41, 5.74) is 12.4. The maximum atomic E-state index is 5.22. The minimum absolute atomic E-state index is 0.0944. The molecular formula is C50H42N4. The molecule has 0 unspecified atom stereocenters. The van der Waals surface area contributed by atoms with Crippen LogP contribution in [0.25, 0.3) is 78.4 Å². The Balaban J connectivity index is 1.26. The third-order valence-corrected chi connectivity index (χ3v) is 11.2. The maximum Gasteiger partial charge on any atom is 0.164 e. The molecule has 1 aliphatic rings. The molecule has 6 aromatic carbocycles. The minimum atomic E-state index is 0.0944. The van der Waals surface area contributed by atoms with Crippen molar-refractivity contribution in [3.05, 3.63) is 169 Å². The summed E-state index contributed by atoms with van der Waals surface area (Å²) < 4.78 is 0. The Bertz CT molecular complexity index is 2660. The van der Waals surface area contributed by atoms with Gasteiger partial charge in [-0.25, -0.2) is 15.0 Å². The number of benzene rings is 6. The predicted molar refractivity (Wildman–Crippen MR) is 223 cm³/mol. The van der Waals surface area contributed by atoms with Crippen LogP contribution in [0.2, 0.25) is 0 Å². The lowest BCUT2D eigenvalue weighted by molar-refractivity contribution is 0.332. The van der Waals surface area contributed by atoms with E-state index in [0.717, 1.165) is 51.1 Å². The summed E-state index contributed by atoms with van der Waals surface area (Å²) in [5.74, 6) is 1.88. The lowest BCUT2D eigenvalue weighted by Gasteiger charge is -2.42. The van der Waals surface area contributed by atoms with Crippen LogP contribution in [0.4, 0.5) is 0 Å². The molecule has 0 bridgehead atoms. The number of fused-ring (bicyclic) bond motifs is 2. The Morgan fingerprint density at radius 2 is 0.926 bits per heavy atom. The number of pyridine rings is 1. The van der Waals surface area contributed by atoms with E-state index < -0.39 is 0 Å². The first-order valence-corrected chi connectivity index (χ1v) is 18.8. The highest BCUT2D eigenvalue weighted by Crippen LogP contribution is 2.47. The van der Waals surface area contributed by atoms with Crippen molar-refractivity contribution in [2.75, 3.05) is 0 Å². The fraction of sp³-hybridized carbons (Fsp3) is 0.160. The van der Waals surface area contributed by atoms with E-state index >= 15 is 0 Å². The zero-order chi connectivity index (χ0) is 36.9. The molecule has 0 saturated heterocycles. The summed E-state index contributed by atoms with van der Waals surface area (Å²) in [6, 6.07) is 53.6. The highest BCUT2D eigenvalue weighted by Gasteiger charge is 2.37. The van der Waals surface area contributed by atoms with Gasteiger partial charge in [-0.3, -0.25) is 4.98 Å². The molecular weight excluding hydrogens is 657 g/mol. The lowest BCUT2D eigenvalue weighted by atomic mass is 9.63. The van der Waals surface area contributed by atoms with Crippen LogP contribution in [0.15, 0.2) is 158 Å². The SMILES string of the molecule is CC1(C)CCC(C)(C)c2cc(-c3cc(-c4ccc5ccccc5c4)cc(-c4nc(-c5ccccc5)nc(-c5cccc(-c6ccccn6)c5)n4)c3)ccc21. The molecule has 1 aliphatic carbocycles. The highest BCUT2D eigenvalue weighted by atomic mass is 15.0. The summed E-state index contributed by atoms with van der Waals surface area (Å²) in [5, 5.41) is 2.43. The van der Waals surface area contributed by atoms with E-state index in [9.17, 15) is 0 Å². The molecule has 4 heteroatoms. The Morgan fingerprint density at radius 3 is 1.67 bits per heavy atom. The second kappa shape index (κ2) is 13.3. The van der Waals surface area contributed by atoms with E-state index in [0.29, 0.717) is 17.5 Å². The molecule has 262 valence electrons. The van der Waals surface area contributed by atoms with E-state index in [1.54, 1.807) is 0 Å². The number of aromatic nitrogens is 4. The third kappa shape index (κ3) is 6.39. The van der Waals surface area contributed by atoms with Crippen molar-refractivity contribution < 1.29 is 0 Å². The molecule has 0 fully saturated rings. The van der Waals surface area contributed by atoms with Crippen LogP contribution in [-0.2, 0) is 10.8 Å². The van der Waals surface area contributed by atoms with Gasteiger partial charge in [0.25, 0.3) is 0 Å². The summed E-state index contributed by atoms with van der Waals surface area (Å²) >= 11 is 0. The molecule has 2 aromatic heterocycles. The fourth-order valence-electron chi connectivity index (χ4n) is 7.93. The molecule has 0 saturated carbocycles. The number of rotatable bonds is 6. The second-order valence-corrected chi connectivity index (χ2v) is 15.9. The normalized spacial score (nSPS) is 14.4. The first-order valence-electron chi connectivity index (χ1n) is 18.8. The van der Waals surface area contributed by atoms with Crippen molar-refractivity contribution in [2.45, 2.75) is 51.4 Å². The molecule has 54 heavy (non-hydrogen) atoms. The molecule has 8 aromatic rings. The van der Waals surface area contributed by atoms with Gasteiger partial charge in [-0.15, -0.1) is 0 Å². The van der Waals surface area contributed by atoms with Crippen molar-refractivity contribution in [3.63, 3.8) is 0 Å². The Hall–Kier alpha value is -6.26. The van der Waals surface area contributed by atoms with Crippen LogP contribution in [0.1, 0.15) is 51.7 Å². The van der Waals surface area contributed by atoms with Crippen molar-refractivity contribution in [3.8, 4) is 67.7 Å². The van der Waals surface area contributed by atoms with Crippen LogP contribution in [0.5, 0.6) is 0 Å². The summed E-state index contributed by atoms with van der Waals surface area (Å²) in [7, 11) is 0. The summed E-state index contributed by atoms with van der Waals surface area (Å²) in [6.45, 7) is 9.55. The quantitative estimate of drug-likeness (QED) is 0.173. The van der Waals surface area contributed by atoms with E-state index in [2.05, 4.69) is 142 Å². The number of hydrogen-bond donors (Lipinski definition) is 0. The van der Waals surface area contributed by atoms with Crippen LogP contribution in [-0.4, -0.2) is 19.9 Å². The summed E-state index contributed by atoms with van der Waals surface area (Å²) in [6.07, 6.45) is 4.17. The third-order valence-electron chi connectivity index (χ3n) is 11.2. The summed E-state index contributed by atoms with van der Waals surface area (Å²) in [4.78, 5) is 20.1. The predicted octanol–water partition coefficient (Wildman–Crippen LogP) is 12.8. The maximum absolute atomic E-state index is 5.22. The molecule has 0 radical (unpaired) electrons. The van der Waals surface area contributed by atoms with Gasteiger partial charge in [-0.05, 0) is 110 Å². The van der Waals surface area contributed by atoms with Gasteiger partial charge in [0.15, 0.2) is 17.5 Å². The molecule has 2 heterocycles. The monoisotopic (exact) mass is 698 g/mol. The van der Waals surface area contributed by atoms with Gasteiger partial charge < -0.3 is 0 Å². The Labute approximate surface area is 317 Å². The molecule has 0 N–H and O–H groups in total. The van der Waals surface area contributed by atoms with Gasteiger partial charge in [-0.2, -0.15) is 0 Å². The smallest absolute Gasteiger partial charge is 0.164 e. The largest absolute Gasteiger partial charge is 0.256 e. The zero-order valence-corrected chi connectivity index (χ0v) is 31.2. The van der Waals surface area contributed by atoms with Gasteiger partial charge in [0.05, 0.1) is 5.69 Å². The molecule has 0 spiro atoms. The van der Waals surface area contributed by atoms with Crippen molar-refractivity contribution in [1.82, 2.24) is 19.9 Å². The average Bonchev–Trinajstić information content (AvgIpc) is 3.22. The van der Waals surface area contributed by atoms with Crippen molar-refractivity contribution in [2.24, 2.45) is 0 Å². The Morgan fingerprint density at radius 1 is 0.370 bits per heavy atom. The van der Waals surface area contributed by atoms with E-state index in [4.69, 9.17) is 15.0 Å². The lowest BCUT2D eigenvalue weighted by Crippen LogP contribution is -2.33. The Kier molecular flexibility index (Phi) is 8.27. The van der Waals surface area contributed by atoms with Gasteiger partial charge in [0, 0.05) is 28.5 Å². The first kappa shape index (κ1) is 33.6. The highest BCUT2D eigenvalue weighted by molar-refractivity contribution is 5.89. The number of nitrogens with zero attached hydrogens (tertiary/aromatic N) is 4. The number of hydrogen-bond acceptors (Lipinski definition) is 4.